The summed E-state index contributed by atoms with van der Waals surface area (Å²) >= 11 is 4.88. The highest BCUT2D eigenvalue weighted by Crippen LogP contribution is 2.38. The zero-order valence-electron chi connectivity index (χ0n) is 11.1. The quantitative estimate of drug-likeness (QED) is 0.852. The summed E-state index contributed by atoms with van der Waals surface area (Å²) in [5.41, 5.74) is 0.339. The van der Waals surface area contributed by atoms with Crippen molar-refractivity contribution in [2.24, 2.45) is 11.3 Å². The molecule has 0 radical (unpaired) electrons. The minimum atomic E-state index is 0.0700. The maximum absolute atomic E-state index is 12.1. The molecule has 100 valence electrons. The van der Waals surface area contributed by atoms with Crippen LogP contribution in [0.2, 0.25) is 0 Å². The van der Waals surface area contributed by atoms with Crippen LogP contribution in [0.1, 0.15) is 49.7 Å². The highest BCUT2D eigenvalue weighted by molar-refractivity contribution is 9.11. The molecule has 0 spiro atoms. The van der Waals surface area contributed by atoms with Crippen LogP contribution in [0.25, 0.3) is 0 Å². The van der Waals surface area contributed by atoms with Crippen LogP contribution in [0.4, 0.5) is 0 Å². The maximum atomic E-state index is 12.1. The van der Waals surface area contributed by atoms with Crippen molar-refractivity contribution in [3.05, 3.63) is 20.8 Å². The van der Waals surface area contributed by atoms with Crippen LogP contribution >= 0.6 is 27.3 Å². The highest BCUT2D eigenvalue weighted by atomic mass is 79.9. The minimum Gasteiger partial charge on any atom is -0.349 e. The van der Waals surface area contributed by atoms with E-state index >= 15 is 0 Å². The number of amides is 1. The summed E-state index contributed by atoms with van der Waals surface area (Å²) in [4.78, 5) is 12.9. The fourth-order valence-electron chi connectivity index (χ4n) is 3.15. The minimum absolute atomic E-state index is 0.0700. The molecule has 18 heavy (non-hydrogen) atoms. The molecule has 0 aliphatic heterocycles. The number of hydrogen-bond acceptors (Lipinski definition) is 2. The van der Waals surface area contributed by atoms with Gasteiger partial charge in [-0.2, -0.15) is 0 Å². The molecular formula is C14H20BrNOS. The lowest BCUT2D eigenvalue weighted by molar-refractivity contribution is 0.0878. The monoisotopic (exact) mass is 329 g/mol. The molecule has 2 rings (SSSR count). The Morgan fingerprint density at radius 2 is 2.17 bits per heavy atom. The molecule has 0 bridgehead atoms. The van der Waals surface area contributed by atoms with Crippen LogP contribution in [-0.2, 0) is 0 Å². The Morgan fingerprint density at radius 1 is 1.44 bits per heavy atom. The first kappa shape index (κ1) is 14.1. The first-order chi connectivity index (χ1) is 8.35. The predicted molar refractivity (Wildman–Crippen MR) is 80.1 cm³/mol. The molecule has 0 aromatic carbocycles. The number of carbonyl (C=O) groups excluding carboxylic acids is 1. The van der Waals surface area contributed by atoms with E-state index < -0.39 is 0 Å². The first-order valence-electron chi connectivity index (χ1n) is 6.42. The zero-order valence-corrected chi connectivity index (χ0v) is 13.5. The van der Waals surface area contributed by atoms with Crippen molar-refractivity contribution in [1.29, 1.82) is 0 Å². The molecule has 1 fully saturated rings. The van der Waals surface area contributed by atoms with E-state index in [-0.39, 0.29) is 5.91 Å². The van der Waals surface area contributed by atoms with E-state index in [4.69, 9.17) is 0 Å². The van der Waals surface area contributed by atoms with Crippen LogP contribution < -0.4 is 5.32 Å². The van der Waals surface area contributed by atoms with E-state index in [0.717, 1.165) is 21.5 Å². The number of carbonyl (C=O) groups is 1. The fraction of sp³-hybridized carbons (Fsp3) is 0.643. The first-order valence-corrected chi connectivity index (χ1v) is 8.03. The second-order valence-electron chi connectivity index (χ2n) is 6.19. The lowest BCUT2D eigenvalue weighted by Crippen LogP contribution is -2.42. The second kappa shape index (κ2) is 5.33. The van der Waals surface area contributed by atoms with Crippen LogP contribution in [0.15, 0.2) is 15.9 Å². The van der Waals surface area contributed by atoms with E-state index in [1.165, 1.54) is 17.8 Å². The van der Waals surface area contributed by atoms with Crippen molar-refractivity contribution in [1.82, 2.24) is 5.32 Å². The fourth-order valence-corrected chi connectivity index (χ4v) is 4.44. The van der Waals surface area contributed by atoms with Crippen molar-refractivity contribution < 1.29 is 4.79 Å². The average Bonchev–Trinajstić information content (AvgIpc) is 2.61. The second-order valence-corrected chi connectivity index (χ2v) is 8.65. The molecule has 1 aliphatic rings. The zero-order chi connectivity index (χ0) is 13.3. The predicted octanol–water partition coefficient (Wildman–Crippen LogP) is 4.46. The largest absolute Gasteiger partial charge is 0.349 e. The van der Waals surface area contributed by atoms with Gasteiger partial charge in [0, 0.05) is 6.04 Å². The van der Waals surface area contributed by atoms with Gasteiger partial charge in [-0.3, -0.25) is 4.79 Å². The van der Waals surface area contributed by atoms with E-state index in [0.29, 0.717) is 17.4 Å². The molecule has 2 unspecified atom stereocenters. The van der Waals surface area contributed by atoms with Crippen molar-refractivity contribution >= 4 is 33.2 Å². The summed E-state index contributed by atoms with van der Waals surface area (Å²) in [6, 6.07) is 4.12. The summed E-state index contributed by atoms with van der Waals surface area (Å²) in [6.45, 7) is 6.87. The Kier molecular flexibility index (Phi) is 4.17. The lowest BCUT2D eigenvalue weighted by atomic mass is 9.70. The van der Waals surface area contributed by atoms with Gasteiger partial charge >= 0.3 is 0 Å². The SMILES string of the molecule is CC1CC(NC(=O)c2ccc(Br)s2)CC(C)(C)C1. The van der Waals surface area contributed by atoms with E-state index in [2.05, 4.69) is 42.0 Å². The van der Waals surface area contributed by atoms with Crippen molar-refractivity contribution in [3.63, 3.8) is 0 Å². The molecule has 1 N–H and O–H groups in total. The van der Waals surface area contributed by atoms with Gasteiger partial charge in [0.05, 0.1) is 8.66 Å². The summed E-state index contributed by atoms with van der Waals surface area (Å²) in [5.74, 6) is 0.759. The van der Waals surface area contributed by atoms with Gasteiger partial charge < -0.3 is 5.32 Å². The van der Waals surface area contributed by atoms with Gasteiger partial charge in [-0.05, 0) is 58.7 Å². The molecule has 1 saturated carbocycles. The van der Waals surface area contributed by atoms with Crippen LogP contribution in [0, 0.1) is 11.3 Å². The van der Waals surface area contributed by atoms with E-state index in [1.807, 2.05) is 12.1 Å². The third-order valence-electron chi connectivity index (χ3n) is 3.52. The van der Waals surface area contributed by atoms with Gasteiger partial charge in [0.2, 0.25) is 0 Å². The molecule has 1 aliphatic carbocycles. The average molecular weight is 330 g/mol. The van der Waals surface area contributed by atoms with Gasteiger partial charge in [0.25, 0.3) is 5.91 Å². The van der Waals surface area contributed by atoms with E-state index in [1.54, 1.807) is 0 Å². The molecule has 1 heterocycles. The summed E-state index contributed by atoms with van der Waals surface area (Å²) in [7, 11) is 0. The standard InChI is InChI=1S/C14H20BrNOS/c1-9-6-10(8-14(2,3)7-9)16-13(17)11-4-5-12(15)18-11/h4-5,9-10H,6-8H2,1-3H3,(H,16,17). The van der Waals surface area contributed by atoms with E-state index in [9.17, 15) is 4.79 Å². The van der Waals surface area contributed by atoms with Crippen molar-refractivity contribution in [3.8, 4) is 0 Å². The molecule has 2 atom stereocenters. The lowest BCUT2D eigenvalue weighted by Gasteiger charge is -2.39. The number of hydrogen-bond donors (Lipinski definition) is 1. The van der Waals surface area contributed by atoms with Crippen LogP contribution in [-0.4, -0.2) is 11.9 Å². The smallest absolute Gasteiger partial charge is 0.261 e. The highest BCUT2D eigenvalue weighted by Gasteiger charge is 2.32. The Hall–Kier alpha value is -0.350. The number of halogens is 1. The van der Waals surface area contributed by atoms with Crippen molar-refractivity contribution in [2.45, 2.75) is 46.1 Å². The Bertz CT molecular complexity index is 441. The molecule has 4 heteroatoms. The Labute approximate surface area is 121 Å². The Morgan fingerprint density at radius 3 is 2.72 bits per heavy atom. The van der Waals surface area contributed by atoms with Crippen molar-refractivity contribution in [2.75, 3.05) is 0 Å². The van der Waals surface area contributed by atoms with Gasteiger partial charge in [-0.1, -0.05) is 20.8 Å². The topological polar surface area (TPSA) is 29.1 Å². The van der Waals surface area contributed by atoms with Crippen LogP contribution in [0.5, 0.6) is 0 Å². The summed E-state index contributed by atoms with van der Waals surface area (Å²) in [5, 5.41) is 3.19. The summed E-state index contributed by atoms with van der Waals surface area (Å²) < 4.78 is 1.00. The summed E-state index contributed by atoms with van der Waals surface area (Å²) in [6.07, 6.45) is 3.43. The molecule has 1 aromatic heterocycles. The Balaban J connectivity index is 1.99. The third kappa shape index (κ3) is 3.58. The van der Waals surface area contributed by atoms with Gasteiger partial charge in [-0.25, -0.2) is 0 Å². The van der Waals surface area contributed by atoms with Gasteiger partial charge in [0.15, 0.2) is 0 Å². The normalized spacial score (nSPS) is 26.9. The van der Waals surface area contributed by atoms with Crippen LogP contribution in [0.3, 0.4) is 0 Å². The molecule has 1 aromatic rings. The number of thiophene rings is 1. The molecule has 0 saturated heterocycles. The third-order valence-corrected chi connectivity index (χ3v) is 5.14. The molecule has 1 amide bonds. The number of rotatable bonds is 2. The molecular weight excluding hydrogens is 310 g/mol. The maximum Gasteiger partial charge on any atom is 0.261 e. The number of nitrogens with one attached hydrogen (secondary N) is 1. The molecule has 2 nitrogen and oxygen atoms in total. The van der Waals surface area contributed by atoms with Gasteiger partial charge in [-0.15, -0.1) is 11.3 Å². The van der Waals surface area contributed by atoms with Gasteiger partial charge in [0.1, 0.15) is 0 Å².